The molecule has 1 aliphatic rings. The molecule has 9 heteroatoms. The zero-order chi connectivity index (χ0) is 21.1. The average molecular weight is 408 g/mol. The van der Waals surface area contributed by atoms with Crippen LogP contribution in [-0.4, -0.2) is 39.5 Å². The summed E-state index contributed by atoms with van der Waals surface area (Å²) in [6.45, 7) is 0.517. The van der Waals surface area contributed by atoms with Crippen molar-refractivity contribution in [3.05, 3.63) is 70.1 Å². The Morgan fingerprint density at radius 1 is 1.23 bits per heavy atom. The van der Waals surface area contributed by atoms with Crippen LogP contribution in [0.2, 0.25) is 0 Å². The number of nitro benzene ring substituents is 1. The third kappa shape index (κ3) is 3.86. The highest BCUT2D eigenvalue weighted by atomic mass is 16.6. The number of carbonyl (C=O) groups excluding carboxylic acids is 1. The molecule has 2 aromatic carbocycles. The minimum atomic E-state index is -0.511. The van der Waals surface area contributed by atoms with Crippen LogP contribution in [0.3, 0.4) is 0 Å². The van der Waals surface area contributed by atoms with Crippen LogP contribution in [0.15, 0.2) is 53.1 Å². The van der Waals surface area contributed by atoms with Gasteiger partial charge in [0.1, 0.15) is 11.8 Å². The molecule has 0 spiro atoms. The Kier molecular flexibility index (Phi) is 5.42. The second-order valence-electron chi connectivity index (χ2n) is 7.01. The van der Waals surface area contributed by atoms with Crippen molar-refractivity contribution in [2.24, 2.45) is 0 Å². The summed E-state index contributed by atoms with van der Waals surface area (Å²) in [6.07, 6.45) is 2.44. The van der Waals surface area contributed by atoms with E-state index in [4.69, 9.17) is 9.26 Å². The number of amides is 1. The van der Waals surface area contributed by atoms with E-state index in [-0.39, 0.29) is 23.2 Å². The van der Waals surface area contributed by atoms with E-state index in [0.29, 0.717) is 30.4 Å². The smallest absolute Gasteiger partial charge is 0.270 e. The molecular weight excluding hydrogens is 388 g/mol. The Bertz CT molecular complexity index is 1080. The number of nitrogens with zero attached hydrogens (tertiary/aromatic N) is 4. The first-order chi connectivity index (χ1) is 14.6. The molecule has 2 heterocycles. The summed E-state index contributed by atoms with van der Waals surface area (Å²) >= 11 is 0. The van der Waals surface area contributed by atoms with Gasteiger partial charge in [0.2, 0.25) is 11.7 Å². The molecule has 9 nitrogen and oxygen atoms in total. The number of aromatic nitrogens is 2. The lowest BCUT2D eigenvalue weighted by Crippen LogP contribution is -2.38. The number of rotatable bonds is 5. The largest absolute Gasteiger partial charge is 0.497 e. The predicted octanol–water partition coefficient (Wildman–Crippen LogP) is 4.02. The van der Waals surface area contributed by atoms with Crippen LogP contribution in [-0.2, 0) is 0 Å². The van der Waals surface area contributed by atoms with Gasteiger partial charge in [-0.2, -0.15) is 4.98 Å². The van der Waals surface area contributed by atoms with Crippen molar-refractivity contribution in [2.75, 3.05) is 13.7 Å². The van der Waals surface area contributed by atoms with Crippen molar-refractivity contribution >= 4 is 11.6 Å². The molecule has 0 bridgehead atoms. The van der Waals surface area contributed by atoms with Gasteiger partial charge in [-0.1, -0.05) is 23.4 Å². The molecule has 0 radical (unpaired) electrons. The highest BCUT2D eigenvalue weighted by Crippen LogP contribution is 2.33. The van der Waals surface area contributed by atoms with Crippen LogP contribution < -0.4 is 4.74 Å². The topological polar surface area (TPSA) is 112 Å². The van der Waals surface area contributed by atoms with E-state index < -0.39 is 4.92 Å². The first kappa shape index (κ1) is 19.6. The highest BCUT2D eigenvalue weighted by molar-refractivity contribution is 5.95. The maximum absolute atomic E-state index is 13.1. The van der Waals surface area contributed by atoms with Gasteiger partial charge >= 0.3 is 0 Å². The fraction of sp³-hybridized carbons (Fsp3) is 0.286. The van der Waals surface area contributed by atoms with Crippen LogP contribution in [0.5, 0.6) is 5.75 Å². The number of nitro groups is 1. The number of ether oxygens (including phenoxy) is 1. The fourth-order valence-corrected chi connectivity index (χ4v) is 3.60. The number of non-ortho nitro benzene ring substituents is 1. The Morgan fingerprint density at radius 2 is 2.07 bits per heavy atom. The average Bonchev–Trinajstić information content (AvgIpc) is 3.29. The van der Waals surface area contributed by atoms with Gasteiger partial charge in [-0.25, -0.2) is 0 Å². The molecule has 1 aliphatic heterocycles. The number of likely N-dealkylation sites (tertiary alicyclic amines) is 1. The van der Waals surface area contributed by atoms with Crippen LogP contribution >= 0.6 is 0 Å². The summed E-state index contributed by atoms with van der Waals surface area (Å²) in [6, 6.07) is 12.7. The maximum atomic E-state index is 13.1. The quantitative estimate of drug-likeness (QED) is 0.463. The van der Waals surface area contributed by atoms with E-state index in [1.807, 2.05) is 24.3 Å². The number of hydrogen-bond acceptors (Lipinski definition) is 7. The van der Waals surface area contributed by atoms with E-state index in [1.54, 1.807) is 18.1 Å². The Labute approximate surface area is 172 Å². The molecule has 0 unspecified atom stereocenters. The molecule has 154 valence electrons. The van der Waals surface area contributed by atoms with Crippen molar-refractivity contribution in [3.63, 3.8) is 0 Å². The van der Waals surface area contributed by atoms with Gasteiger partial charge in [0.15, 0.2) is 0 Å². The Hall–Kier alpha value is -3.75. The zero-order valence-corrected chi connectivity index (χ0v) is 16.4. The first-order valence-electron chi connectivity index (χ1n) is 9.60. The normalized spacial score (nSPS) is 16.3. The predicted molar refractivity (Wildman–Crippen MR) is 107 cm³/mol. The standard InChI is InChI=1S/C21H20N4O5/c1-29-17-9-5-6-14(13-17)19-22-20(30-23-19)18-10-2-3-11-24(18)21(26)15-7-4-8-16(12-15)25(27)28/h4-9,12-13,18H,2-3,10-11H2,1H3/t18-/m1/s1. The van der Waals surface area contributed by atoms with Crippen LogP contribution in [0.25, 0.3) is 11.4 Å². The van der Waals surface area contributed by atoms with E-state index in [2.05, 4.69) is 10.1 Å². The van der Waals surface area contributed by atoms with Crippen molar-refractivity contribution in [3.8, 4) is 17.1 Å². The SMILES string of the molecule is COc1cccc(-c2noc([C@H]3CCCCN3C(=O)c3cccc([N+](=O)[O-])c3)n2)c1. The number of carbonyl (C=O) groups is 1. The third-order valence-electron chi connectivity index (χ3n) is 5.12. The molecule has 1 atom stereocenters. The molecule has 3 aromatic rings. The zero-order valence-electron chi connectivity index (χ0n) is 16.4. The molecule has 1 fully saturated rings. The van der Waals surface area contributed by atoms with Crippen molar-refractivity contribution in [2.45, 2.75) is 25.3 Å². The second-order valence-corrected chi connectivity index (χ2v) is 7.01. The van der Waals surface area contributed by atoms with Gasteiger partial charge in [0.05, 0.1) is 12.0 Å². The molecule has 0 saturated carbocycles. The van der Waals surface area contributed by atoms with Crippen LogP contribution in [0.4, 0.5) is 5.69 Å². The van der Waals surface area contributed by atoms with Crippen molar-refractivity contribution in [1.29, 1.82) is 0 Å². The van der Waals surface area contributed by atoms with E-state index in [9.17, 15) is 14.9 Å². The van der Waals surface area contributed by atoms with Crippen molar-refractivity contribution in [1.82, 2.24) is 15.0 Å². The van der Waals surface area contributed by atoms with Gasteiger partial charge in [-0.05, 0) is 37.5 Å². The van der Waals surface area contributed by atoms with Gasteiger partial charge < -0.3 is 14.2 Å². The van der Waals surface area contributed by atoms with E-state index >= 15 is 0 Å². The molecular formula is C21H20N4O5. The van der Waals surface area contributed by atoms with Crippen LogP contribution in [0, 0.1) is 10.1 Å². The summed E-state index contributed by atoms with van der Waals surface area (Å²) in [5.74, 6) is 1.16. The second kappa shape index (κ2) is 8.32. The lowest BCUT2D eigenvalue weighted by atomic mass is 10.0. The molecule has 1 amide bonds. The molecule has 0 N–H and O–H groups in total. The van der Waals surface area contributed by atoms with E-state index in [0.717, 1.165) is 18.4 Å². The maximum Gasteiger partial charge on any atom is 0.270 e. The Balaban J connectivity index is 1.61. The summed E-state index contributed by atoms with van der Waals surface area (Å²) in [7, 11) is 1.58. The molecule has 30 heavy (non-hydrogen) atoms. The highest BCUT2D eigenvalue weighted by Gasteiger charge is 2.33. The number of benzene rings is 2. The van der Waals surface area contributed by atoms with Gasteiger partial charge in [0, 0.05) is 29.8 Å². The van der Waals surface area contributed by atoms with Crippen LogP contribution in [0.1, 0.15) is 41.6 Å². The monoisotopic (exact) mass is 408 g/mol. The van der Waals surface area contributed by atoms with Gasteiger partial charge in [-0.15, -0.1) is 0 Å². The molecule has 4 rings (SSSR count). The van der Waals surface area contributed by atoms with Gasteiger partial charge in [-0.3, -0.25) is 14.9 Å². The fourth-order valence-electron chi connectivity index (χ4n) is 3.60. The molecule has 1 aromatic heterocycles. The van der Waals surface area contributed by atoms with E-state index in [1.165, 1.54) is 18.2 Å². The third-order valence-corrected chi connectivity index (χ3v) is 5.12. The number of piperidine rings is 1. The summed E-state index contributed by atoms with van der Waals surface area (Å²) in [5.41, 5.74) is 0.896. The summed E-state index contributed by atoms with van der Waals surface area (Å²) in [4.78, 5) is 29.8. The number of hydrogen-bond donors (Lipinski definition) is 0. The van der Waals surface area contributed by atoms with Gasteiger partial charge in [0.25, 0.3) is 11.6 Å². The minimum absolute atomic E-state index is 0.118. The number of methoxy groups -OCH3 is 1. The lowest BCUT2D eigenvalue weighted by Gasteiger charge is -2.33. The first-order valence-corrected chi connectivity index (χ1v) is 9.60. The van der Waals surface area contributed by atoms with Crippen molar-refractivity contribution < 1.29 is 19.0 Å². The molecule has 1 saturated heterocycles. The summed E-state index contributed by atoms with van der Waals surface area (Å²) in [5, 5.41) is 15.1. The Morgan fingerprint density at radius 3 is 2.87 bits per heavy atom. The molecule has 0 aliphatic carbocycles. The lowest BCUT2D eigenvalue weighted by molar-refractivity contribution is -0.384. The minimum Gasteiger partial charge on any atom is -0.497 e. The summed E-state index contributed by atoms with van der Waals surface area (Å²) < 4.78 is 10.7.